The van der Waals surface area contributed by atoms with Gasteiger partial charge < -0.3 is 5.32 Å². The second kappa shape index (κ2) is 5.88. The molecule has 17 heavy (non-hydrogen) atoms. The Morgan fingerprint density at radius 2 is 1.94 bits per heavy atom. The van der Waals surface area contributed by atoms with Crippen molar-refractivity contribution in [3.05, 3.63) is 34.3 Å². The maximum absolute atomic E-state index is 6.40. The van der Waals surface area contributed by atoms with E-state index >= 15 is 0 Å². The molecule has 0 spiro atoms. The summed E-state index contributed by atoms with van der Waals surface area (Å²) in [7, 11) is 2.06. The lowest BCUT2D eigenvalue weighted by atomic mass is 9.81. The van der Waals surface area contributed by atoms with Crippen LogP contribution in [0, 0.1) is 0 Å². The van der Waals surface area contributed by atoms with Gasteiger partial charge in [0, 0.05) is 11.1 Å². The third-order valence-corrected chi connectivity index (χ3v) is 4.38. The predicted octanol–water partition coefficient (Wildman–Crippen LogP) is 4.15. The minimum atomic E-state index is 0.665. The van der Waals surface area contributed by atoms with Crippen molar-refractivity contribution in [1.29, 1.82) is 0 Å². The molecule has 1 saturated carbocycles. The Balaban J connectivity index is 2.08. The van der Waals surface area contributed by atoms with Gasteiger partial charge in [-0.25, -0.2) is 0 Å². The van der Waals surface area contributed by atoms with Crippen LogP contribution in [0.25, 0.3) is 0 Å². The van der Waals surface area contributed by atoms with Gasteiger partial charge in [-0.1, -0.05) is 30.7 Å². The molecule has 2 rings (SSSR count). The van der Waals surface area contributed by atoms with Crippen LogP contribution in [0.15, 0.2) is 18.2 Å². The van der Waals surface area contributed by atoms with Gasteiger partial charge in [0.15, 0.2) is 0 Å². The fraction of sp³-hybridized carbons (Fsp3) is 0.600. The number of rotatable bonds is 3. The summed E-state index contributed by atoms with van der Waals surface area (Å²) in [5.41, 5.74) is 2.70. The summed E-state index contributed by atoms with van der Waals surface area (Å²) >= 11 is 6.40. The minimum Gasteiger partial charge on any atom is -0.317 e. The van der Waals surface area contributed by atoms with Crippen LogP contribution in [-0.2, 0) is 6.42 Å². The van der Waals surface area contributed by atoms with Crippen LogP contribution in [0.2, 0.25) is 5.02 Å². The highest BCUT2D eigenvalue weighted by molar-refractivity contribution is 6.31. The standard InChI is InChI=1S/C15H22ClN/c1-3-11-4-9-14(15(16)10-11)12-5-7-13(17-2)8-6-12/h4,9-10,12-13,17H,3,5-8H2,1-2H3. The molecule has 0 saturated heterocycles. The summed E-state index contributed by atoms with van der Waals surface area (Å²) in [5.74, 6) is 0.665. The van der Waals surface area contributed by atoms with Crippen molar-refractivity contribution in [3.63, 3.8) is 0 Å². The molecule has 1 nitrogen and oxygen atoms in total. The van der Waals surface area contributed by atoms with E-state index in [-0.39, 0.29) is 0 Å². The Bertz CT molecular complexity index is 367. The van der Waals surface area contributed by atoms with Crippen molar-refractivity contribution >= 4 is 11.6 Å². The average molecular weight is 252 g/mol. The summed E-state index contributed by atoms with van der Waals surface area (Å²) in [6, 6.07) is 7.32. The molecule has 0 unspecified atom stereocenters. The van der Waals surface area contributed by atoms with E-state index < -0.39 is 0 Å². The first-order chi connectivity index (χ1) is 8.24. The van der Waals surface area contributed by atoms with Crippen molar-refractivity contribution in [1.82, 2.24) is 5.32 Å². The van der Waals surface area contributed by atoms with Crippen LogP contribution < -0.4 is 5.32 Å². The van der Waals surface area contributed by atoms with Crippen LogP contribution >= 0.6 is 11.6 Å². The lowest BCUT2D eigenvalue weighted by Crippen LogP contribution is -2.29. The number of benzene rings is 1. The zero-order chi connectivity index (χ0) is 12.3. The number of hydrogen-bond donors (Lipinski definition) is 1. The smallest absolute Gasteiger partial charge is 0.0443 e. The molecule has 1 fully saturated rings. The largest absolute Gasteiger partial charge is 0.317 e. The zero-order valence-electron chi connectivity index (χ0n) is 10.8. The van der Waals surface area contributed by atoms with Gasteiger partial charge >= 0.3 is 0 Å². The van der Waals surface area contributed by atoms with Gasteiger partial charge in [0.25, 0.3) is 0 Å². The highest BCUT2D eigenvalue weighted by Gasteiger charge is 2.22. The van der Waals surface area contributed by atoms with Gasteiger partial charge in [-0.2, -0.15) is 0 Å². The van der Waals surface area contributed by atoms with Crippen molar-refractivity contribution in [2.45, 2.75) is 51.0 Å². The van der Waals surface area contributed by atoms with E-state index in [1.165, 1.54) is 36.8 Å². The molecule has 1 aliphatic carbocycles. The summed E-state index contributed by atoms with van der Waals surface area (Å²) < 4.78 is 0. The molecule has 1 aromatic carbocycles. The normalized spacial score (nSPS) is 24.9. The molecule has 0 aromatic heterocycles. The molecule has 2 heteroatoms. The molecular weight excluding hydrogens is 230 g/mol. The third-order valence-electron chi connectivity index (χ3n) is 4.05. The Hall–Kier alpha value is -0.530. The fourth-order valence-corrected chi connectivity index (χ4v) is 3.17. The van der Waals surface area contributed by atoms with Gasteiger partial charge in [0.1, 0.15) is 0 Å². The van der Waals surface area contributed by atoms with Crippen LogP contribution in [0.1, 0.15) is 49.7 Å². The molecule has 0 atom stereocenters. The van der Waals surface area contributed by atoms with Crippen LogP contribution in [0.4, 0.5) is 0 Å². The van der Waals surface area contributed by atoms with Crippen molar-refractivity contribution in [2.24, 2.45) is 0 Å². The molecule has 1 aliphatic rings. The maximum Gasteiger partial charge on any atom is 0.0443 e. The molecule has 0 heterocycles. The van der Waals surface area contributed by atoms with Gasteiger partial charge in [0.2, 0.25) is 0 Å². The van der Waals surface area contributed by atoms with E-state index in [0.717, 1.165) is 11.4 Å². The highest BCUT2D eigenvalue weighted by Crippen LogP contribution is 2.36. The van der Waals surface area contributed by atoms with Crippen molar-refractivity contribution < 1.29 is 0 Å². The average Bonchev–Trinajstić information content (AvgIpc) is 2.39. The van der Waals surface area contributed by atoms with Gasteiger partial charge in [0.05, 0.1) is 0 Å². The first kappa shape index (κ1) is 12.9. The maximum atomic E-state index is 6.40. The summed E-state index contributed by atoms with van der Waals surface area (Å²) in [5, 5.41) is 4.35. The molecule has 1 N–H and O–H groups in total. The topological polar surface area (TPSA) is 12.0 Å². The second-order valence-electron chi connectivity index (χ2n) is 5.05. The minimum absolute atomic E-state index is 0.665. The van der Waals surface area contributed by atoms with E-state index in [4.69, 9.17) is 11.6 Å². The lowest BCUT2D eigenvalue weighted by Gasteiger charge is -2.29. The fourth-order valence-electron chi connectivity index (χ4n) is 2.81. The molecule has 0 aliphatic heterocycles. The highest BCUT2D eigenvalue weighted by atomic mass is 35.5. The Morgan fingerprint density at radius 1 is 1.24 bits per heavy atom. The van der Waals surface area contributed by atoms with E-state index in [1.807, 2.05) is 0 Å². The quantitative estimate of drug-likeness (QED) is 0.851. The van der Waals surface area contributed by atoms with Crippen molar-refractivity contribution in [2.75, 3.05) is 7.05 Å². The first-order valence-corrected chi connectivity index (χ1v) is 7.08. The lowest BCUT2D eigenvalue weighted by molar-refractivity contribution is 0.359. The Kier molecular flexibility index (Phi) is 4.47. The molecule has 0 radical (unpaired) electrons. The number of nitrogens with one attached hydrogen (secondary N) is 1. The predicted molar refractivity (Wildman–Crippen MR) is 74.9 cm³/mol. The Morgan fingerprint density at radius 3 is 2.47 bits per heavy atom. The van der Waals surface area contributed by atoms with Gasteiger partial charge in [-0.15, -0.1) is 0 Å². The van der Waals surface area contributed by atoms with Crippen molar-refractivity contribution in [3.8, 4) is 0 Å². The summed E-state index contributed by atoms with van der Waals surface area (Å²) in [6.07, 6.45) is 6.12. The van der Waals surface area contributed by atoms with E-state index in [9.17, 15) is 0 Å². The van der Waals surface area contributed by atoms with Gasteiger partial charge in [-0.05, 0) is 62.3 Å². The molecule has 0 amide bonds. The molecule has 1 aromatic rings. The van der Waals surface area contributed by atoms with Crippen LogP contribution in [0.3, 0.4) is 0 Å². The number of hydrogen-bond acceptors (Lipinski definition) is 1. The SMILES string of the molecule is CCc1ccc(C2CCC(NC)CC2)c(Cl)c1. The Labute approximate surface area is 110 Å². The summed E-state index contributed by atoms with van der Waals surface area (Å²) in [4.78, 5) is 0. The van der Waals surface area contributed by atoms with E-state index in [1.54, 1.807) is 0 Å². The zero-order valence-corrected chi connectivity index (χ0v) is 11.6. The molecule has 94 valence electrons. The number of halogens is 1. The summed E-state index contributed by atoms with van der Waals surface area (Å²) in [6.45, 7) is 2.17. The number of aryl methyl sites for hydroxylation is 1. The van der Waals surface area contributed by atoms with Gasteiger partial charge in [-0.3, -0.25) is 0 Å². The molecular formula is C15H22ClN. The van der Waals surface area contributed by atoms with Crippen LogP contribution in [-0.4, -0.2) is 13.1 Å². The monoisotopic (exact) mass is 251 g/mol. The van der Waals surface area contributed by atoms with E-state index in [2.05, 4.69) is 37.5 Å². The third kappa shape index (κ3) is 3.02. The first-order valence-electron chi connectivity index (χ1n) is 6.70. The van der Waals surface area contributed by atoms with Crippen LogP contribution in [0.5, 0.6) is 0 Å². The van der Waals surface area contributed by atoms with E-state index in [0.29, 0.717) is 12.0 Å². The molecule has 0 bridgehead atoms. The second-order valence-corrected chi connectivity index (χ2v) is 5.45.